The SMILES string of the molecule is C1=CCN(C2CCN(c3noc(-c4ccccc4)n3)C2)C1. The average molecular weight is 282 g/mol. The number of benzene rings is 1. The molecule has 108 valence electrons. The summed E-state index contributed by atoms with van der Waals surface area (Å²) in [5, 5.41) is 4.14. The summed E-state index contributed by atoms with van der Waals surface area (Å²) in [7, 11) is 0. The second kappa shape index (κ2) is 5.33. The molecule has 2 aliphatic rings. The fourth-order valence-electron chi connectivity index (χ4n) is 3.06. The standard InChI is InChI=1S/C16H18N4O/c1-2-6-13(7-3-1)15-17-16(18-21-15)20-11-8-14(12-20)19-9-4-5-10-19/h1-7,14H,8-12H2. The van der Waals surface area contributed by atoms with Crippen LogP contribution in [0.25, 0.3) is 11.5 Å². The molecule has 2 aromatic rings. The van der Waals surface area contributed by atoms with Crippen LogP contribution in [0, 0.1) is 0 Å². The first kappa shape index (κ1) is 12.6. The van der Waals surface area contributed by atoms with Crippen molar-refractivity contribution in [2.24, 2.45) is 0 Å². The van der Waals surface area contributed by atoms with Crippen LogP contribution in [-0.4, -0.2) is 47.3 Å². The van der Waals surface area contributed by atoms with E-state index in [0.29, 0.717) is 17.9 Å². The van der Waals surface area contributed by atoms with E-state index >= 15 is 0 Å². The third-order valence-corrected chi connectivity index (χ3v) is 4.25. The van der Waals surface area contributed by atoms with Crippen LogP contribution in [0.2, 0.25) is 0 Å². The van der Waals surface area contributed by atoms with Gasteiger partial charge in [-0.2, -0.15) is 4.98 Å². The summed E-state index contributed by atoms with van der Waals surface area (Å²) in [6.45, 7) is 4.12. The summed E-state index contributed by atoms with van der Waals surface area (Å²) in [5.41, 5.74) is 0.968. The van der Waals surface area contributed by atoms with Crippen molar-refractivity contribution in [1.82, 2.24) is 15.0 Å². The largest absolute Gasteiger partial charge is 0.337 e. The van der Waals surface area contributed by atoms with E-state index < -0.39 is 0 Å². The second-order valence-electron chi connectivity index (χ2n) is 5.58. The van der Waals surface area contributed by atoms with E-state index in [4.69, 9.17) is 4.52 Å². The topological polar surface area (TPSA) is 45.4 Å². The molecule has 0 aliphatic carbocycles. The van der Waals surface area contributed by atoms with Gasteiger partial charge >= 0.3 is 0 Å². The Balaban J connectivity index is 1.47. The lowest BCUT2D eigenvalue weighted by Gasteiger charge is -2.23. The fraction of sp³-hybridized carbons (Fsp3) is 0.375. The molecule has 3 heterocycles. The molecule has 5 heteroatoms. The highest BCUT2D eigenvalue weighted by Gasteiger charge is 2.30. The van der Waals surface area contributed by atoms with Crippen LogP contribution in [0.3, 0.4) is 0 Å². The molecule has 0 spiro atoms. The number of hydrogen-bond donors (Lipinski definition) is 0. The average Bonchev–Trinajstić information content (AvgIpc) is 3.27. The van der Waals surface area contributed by atoms with Crippen LogP contribution < -0.4 is 4.90 Å². The van der Waals surface area contributed by atoms with Gasteiger partial charge in [-0.1, -0.05) is 30.4 Å². The minimum Gasteiger partial charge on any atom is -0.337 e. The van der Waals surface area contributed by atoms with Gasteiger partial charge in [-0.15, -0.1) is 0 Å². The van der Waals surface area contributed by atoms with Gasteiger partial charge in [0.05, 0.1) is 0 Å². The van der Waals surface area contributed by atoms with E-state index in [2.05, 4.69) is 32.1 Å². The fourth-order valence-corrected chi connectivity index (χ4v) is 3.06. The quantitative estimate of drug-likeness (QED) is 0.808. The van der Waals surface area contributed by atoms with E-state index in [1.54, 1.807) is 0 Å². The zero-order chi connectivity index (χ0) is 14.1. The molecule has 0 amide bonds. The monoisotopic (exact) mass is 282 g/mol. The Morgan fingerprint density at radius 2 is 1.90 bits per heavy atom. The first-order valence-corrected chi connectivity index (χ1v) is 7.43. The van der Waals surface area contributed by atoms with Crippen molar-refractivity contribution >= 4 is 5.95 Å². The number of hydrogen-bond acceptors (Lipinski definition) is 5. The molecular formula is C16H18N4O. The van der Waals surface area contributed by atoms with Crippen molar-refractivity contribution in [3.8, 4) is 11.5 Å². The summed E-state index contributed by atoms with van der Waals surface area (Å²) in [6.07, 6.45) is 5.64. The van der Waals surface area contributed by atoms with E-state index in [1.807, 2.05) is 30.3 Å². The van der Waals surface area contributed by atoms with E-state index in [9.17, 15) is 0 Å². The summed E-state index contributed by atoms with van der Waals surface area (Å²) < 4.78 is 5.40. The number of rotatable bonds is 3. The second-order valence-corrected chi connectivity index (χ2v) is 5.58. The lowest BCUT2D eigenvalue weighted by molar-refractivity contribution is 0.271. The van der Waals surface area contributed by atoms with Gasteiger partial charge in [0, 0.05) is 37.8 Å². The summed E-state index contributed by atoms with van der Waals surface area (Å²) in [5.74, 6) is 1.31. The van der Waals surface area contributed by atoms with Crippen molar-refractivity contribution < 1.29 is 4.52 Å². The molecule has 0 saturated carbocycles. The molecule has 5 nitrogen and oxygen atoms in total. The molecule has 1 saturated heterocycles. The number of anilines is 1. The van der Waals surface area contributed by atoms with Crippen LogP contribution in [0.1, 0.15) is 6.42 Å². The third kappa shape index (κ3) is 2.45. The zero-order valence-corrected chi connectivity index (χ0v) is 11.9. The first-order chi connectivity index (χ1) is 10.4. The summed E-state index contributed by atoms with van der Waals surface area (Å²) >= 11 is 0. The predicted molar refractivity (Wildman–Crippen MR) is 81.1 cm³/mol. The minimum absolute atomic E-state index is 0.594. The normalized spacial score (nSPS) is 22.3. The molecule has 21 heavy (non-hydrogen) atoms. The summed E-state index contributed by atoms with van der Waals surface area (Å²) in [4.78, 5) is 9.26. The van der Waals surface area contributed by atoms with Gasteiger partial charge in [0.2, 0.25) is 0 Å². The van der Waals surface area contributed by atoms with Crippen molar-refractivity contribution in [2.75, 3.05) is 31.1 Å². The van der Waals surface area contributed by atoms with Crippen molar-refractivity contribution in [1.29, 1.82) is 0 Å². The molecular weight excluding hydrogens is 264 g/mol. The van der Waals surface area contributed by atoms with Gasteiger partial charge in [0.1, 0.15) is 0 Å². The van der Waals surface area contributed by atoms with E-state index in [1.165, 1.54) is 0 Å². The van der Waals surface area contributed by atoms with Crippen LogP contribution in [0.5, 0.6) is 0 Å². The Morgan fingerprint density at radius 1 is 1.10 bits per heavy atom. The molecule has 1 aromatic carbocycles. The van der Waals surface area contributed by atoms with Crippen LogP contribution in [-0.2, 0) is 0 Å². The summed E-state index contributed by atoms with van der Waals surface area (Å²) in [6, 6.07) is 10.5. The van der Waals surface area contributed by atoms with Gasteiger partial charge in [-0.25, -0.2) is 0 Å². The van der Waals surface area contributed by atoms with Gasteiger partial charge in [0.25, 0.3) is 11.8 Å². The van der Waals surface area contributed by atoms with Crippen molar-refractivity contribution in [3.05, 3.63) is 42.5 Å². The molecule has 0 radical (unpaired) electrons. The maximum absolute atomic E-state index is 5.40. The third-order valence-electron chi connectivity index (χ3n) is 4.25. The van der Waals surface area contributed by atoms with Gasteiger partial charge in [0.15, 0.2) is 0 Å². The molecule has 1 unspecified atom stereocenters. The Hall–Kier alpha value is -2.14. The lowest BCUT2D eigenvalue weighted by Crippen LogP contribution is -2.35. The van der Waals surface area contributed by atoms with Gasteiger partial charge in [-0.05, 0) is 23.7 Å². The van der Waals surface area contributed by atoms with Crippen LogP contribution >= 0.6 is 0 Å². The van der Waals surface area contributed by atoms with E-state index in [0.717, 1.165) is 38.2 Å². The minimum atomic E-state index is 0.594. The van der Waals surface area contributed by atoms with Crippen molar-refractivity contribution in [2.45, 2.75) is 12.5 Å². The molecule has 0 bridgehead atoms. The van der Waals surface area contributed by atoms with Gasteiger partial charge in [-0.3, -0.25) is 4.90 Å². The Morgan fingerprint density at radius 3 is 2.71 bits per heavy atom. The van der Waals surface area contributed by atoms with Gasteiger partial charge < -0.3 is 9.42 Å². The number of aromatic nitrogens is 2. The number of nitrogens with zero attached hydrogens (tertiary/aromatic N) is 4. The lowest BCUT2D eigenvalue weighted by atomic mass is 10.2. The molecule has 1 fully saturated rings. The van der Waals surface area contributed by atoms with Crippen LogP contribution in [0.15, 0.2) is 47.0 Å². The molecule has 2 aliphatic heterocycles. The predicted octanol–water partition coefficient (Wildman–Crippen LogP) is 2.19. The highest BCUT2D eigenvalue weighted by atomic mass is 16.5. The smallest absolute Gasteiger partial charge is 0.266 e. The molecule has 1 aromatic heterocycles. The Kier molecular flexibility index (Phi) is 3.20. The van der Waals surface area contributed by atoms with Crippen molar-refractivity contribution in [3.63, 3.8) is 0 Å². The Bertz CT molecular complexity index is 629. The Labute approximate surface area is 123 Å². The molecule has 4 rings (SSSR count). The zero-order valence-electron chi connectivity index (χ0n) is 11.9. The maximum Gasteiger partial charge on any atom is 0.266 e. The highest BCUT2D eigenvalue weighted by Crippen LogP contribution is 2.24. The molecule has 0 N–H and O–H groups in total. The maximum atomic E-state index is 5.40. The van der Waals surface area contributed by atoms with E-state index in [-0.39, 0.29) is 0 Å². The molecule has 1 atom stereocenters. The van der Waals surface area contributed by atoms with Crippen LogP contribution in [0.4, 0.5) is 5.95 Å². The highest BCUT2D eigenvalue weighted by molar-refractivity contribution is 5.54. The first-order valence-electron chi connectivity index (χ1n) is 7.43.